The van der Waals surface area contributed by atoms with Gasteiger partial charge in [-0.25, -0.2) is 0 Å². The number of rotatable bonds is 8. The van der Waals surface area contributed by atoms with Crippen molar-refractivity contribution >= 4 is 29.2 Å². The zero-order chi connectivity index (χ0) is 24.2. The molecule has 1 aromatic carbocycles. The number of aryl methyl sites for hydroxylation is 1. The third kappa shape index (κ3) is 5.27. The van der Waals surface area contributed by atoms with Gasteiger partial charge in [0.25, 0.3) is 5.91 Å². The van der Waals surface area contributed by atoms with Crippen LogP contribution in [0.1, 0.15) is 60.2 Å². The molecule has 2 atom stereocenters. The van der Waals surface area contributed by atoms with Crippen LogP contribution in [0.15, 0.2) is 24.3 Å². The summed E-state index contributed by atoms with van der Waals surface area (Å²) < 4.78 is 0. The van der Waals surface area contributed by atoms with E-state index in [1.165, 1.54) is 31.2 Å². The summed E-state index contributed by atoms with van der Waals surface area (Å²) in [4.78, 5) is 30.8. The number of aromatic nitrogens is 1. The van der Waals surface area contributed by atoms with Crippen molar-refractivity contribution in [3.63, 3.8) is 0 Å². The molecule has 1 aliphatic carbocycles. The van der Waals surface area contributed by atoms with Crippen molar-refractivity contribution in [2.24, 2.45) is 11.8 Å². The van der Waals surface area contributed by atoms with E-state index < -0.39 is 0 Å². The summed E-state index contributed by atoms with van der Waals surface area (Å²) in [5.74, 6) is 1.47. The Kier molecular flexibility index (Phi) is 7.57. The van der Waals surface area contributed by atoms with E-state index in [2.05, 4.69) is 22.5 Å². The van der Waals surface area contributed by atoms with E-state index in [4.69, 9.17) is 0 Å². The van der Waals surface area contributed by atoms with Gasteiger partial charge in [-0.05, 0) is 88.2 Å². The van der Waals surface area contributed by atoms with Crippen LogP contribution in [0.5, 0.6) is 0 Å². The molecular weight excluding hydrogens is 424 g/mol. The first-order chi connectivity index (χ1) is 16.4. The van der Waals surface area contributed by atoms with Gasteiger partial charge < -0.3 is 20.5 Å². The molecule has 3 N–H and O–H groups in total. The Balaban J connectivity index is 1.39. The van der Waals surface area contributed by atoms with Crippen molar-refractivity contribution in [2.45, 2.75) is 52.4 Å². The largest absolute Gasteiger partial charge is 0.359 e. The summed E-state index contributed by atoms with van der Waals surface area (Å²) in [6.07, 6.45) is 8.14. The van der Waals surface area contributed by atoms with Crippen molar-refractivity contribution in [2.75, 3.05) is 32.5 Å². The Hall–Kier alpha value is -2.86. The van der Waals surface area contributed by atoms with Crippen molar-refractivity contribution in [3.8, 4) is 0 Å². The Morgan fingerprint density at radius 3 is 2.76 bits per heavy atom. The second-order valence-electron chi connectivity index (χ2n) is 10.1. The standard InChI is InChI=1S/C28H38N4O2/c1-18-22(12-13-27(33)32(4)17-21-9-7-8-20(14-21)16-29-3)19(2)30-26(18)15-24-23-10-5-6-11-25(23)31-28(24)34/h5-6,10-11,15,20-21,29-30H,7-9,12-14,16-17H2,1-4H3,(H,31,34). The first-order valence-corrected chi connectivity index (χ1v) is 12.6. The van der Waals surface area contributed by atoms with Gasteiger partial charge in [0.1, 0.15) is 0 Å². The lowest BCUT2D eigenvalue weighted by atomic mass is 9.81. The zero-order valence-electron chi connectivity index (χ0n) is 21.0. The third-order valence-corrected chi connectivity index (χ3v) is 7.56. The predicted octanol–water partition coefficient (Wildman–Crippen LogP) is 4.54. The number of fused-ring (bicyclic) bond motifs is 1. The van der Waals surface area contributed by atoms with Crippen LogP contribution in [0.25, 0.3) is 11.6 Å². The SMILES string of the molecule is CNCC1CCCC(CN(C)C(=O)CCc2c(C)[nH]c(C=C3C(=O)Nc4ccccc43)c2C)C1. The van der Waals surface area contributed by atoms with E-state index in [-0.39, 0.29) is 11.8 Å². The maximum atomic E-state index is 12.9. The summed E-state index contributed by atoms with van der Waals surface area (Å²) in [5, 5.41) is 6.23. The van der Waals surface area contributed by atoms with Crippen LogP contribution in [-0.4, -0.2) is 48.9 Å². The lowest BCUT2D eigenvalue weighted by Gasteiger charge is -2.32. The topological polar surface area (TPSA) is 77.2 Å². The highest BCUT2D eigenvalue weighted by atomic mass is 16.2. The highest BCUT2D eigenvalue weighted by molar-refractivity contribution is 6.34. The van der Waals surface area contributed by atoms with Gasteiger partial charge in [0.2, 0.25) is 5.91 Å². The van der Waals surface area contributed by atoms with E-state index >= 15 is 0 Å². The molecule has 0 saturated heterocycles. The minimum absolute atomic E-state index is 0.0779. The molecular formula is C28H38N4O2. The van der Waals surface area contributed by atoms with Crippen molar-refractivity contribution < 1.29 is 9.59 Å². The number of amides is 2. The zero-order valence-corrected chi connectivity index (χ0v) is 21.0. The molecule has 182 valence electrons. The number of hydrogen-bond acceptors (Lipinski definition) is 3. The molecule has 2 aliphatic rings. The molecule has 1 saturated carbocycles. The van der Waals surface area contributed by atoms with E-state index in [1.807, 2.05) is 56.3 Å². The second kappa shape index (κ2) is 10.6. The highest BCUT2D eigenvalue weighted by Gasteiger charge is 2.26. The first kappa shape index (κ1) is 24.3. The summed E-state index contributed by atoms with van der Waals surface area (Å²) in [6.45, 7) is 6.05. The van der Waals surface area contributed by atoms with Gasteiger partial charge in [-0.2, -0.15) is 0 Å². The number of nitrogens with zero attached hydrogens (tertiary/aromatic N) is 1. The molecule has 1 aromatic heterocycles. The Morgan fingerprint density at radius 1 is 1.21 bits per heavy atom. The van der Waals surface area contributed by atoms with E-state index in [9.17, 15) is 9.59 Å². The quantitative estimate of drug-likeness (QED) is 0.504. The van der Waals surface area contributed by atoms with Crippen LogP contribution in [0.4, 0.5) is 5.69 Å². The van der Waals surface area contributed by atoms with Crippen molar-refractivity contribution in [1.29, 1.82) is 0 Å². The van der Waals surface area contributed by atoms with Gasteiger partial charge in [0.15, 0.2) is 0 Å². The fraction of sp³-hybridized carbons (Fsp3) is 0.500. The van der Waals surface area contributed by atoms with Crippen LogP contribution >= 0.6 is 0 Å². The average molecular weight is 463 g/mol. The molecule has 0 radical (unpaired) electrons. The van der Waals surface area contributed by atoms with E-state index in [1.54, 1.807) is 0 Å². The number of H-pyrrole nitrogens is 1. The van der Waals surface area contributed by atoms with Crippen LogP contribution in [-0.2, 0) is 16.0 Å². The number of anilines is 1. The highest BCUT2D eigenvalue weighted by Crippen LogP contribution is 2.34. The van der Waals surface area contributed by atoms with Crippen LogP contribution < -0.4 is 10.6 Å². The molecule has 2 amide bonds. The lowest BCUT2D eigenvalue weighted by molar-refractivity contribution is -0.130. The number of nitrogens with one attached hydrogen (secondary N) is 3. The number of para-hydroxylation sites is 1. The number of carbonyl (C=O) groups excluding carboxylic acids is 2. The van der Waals surface area contributed by atoms with Crippen LogP contribution in [0, 0.1) is 25.7 Å². The number of benzene rings is 1. The molecule has 0 spiro atoms. The molecule has 2 unspecified atom stereocenters. The van der Waals surface area contributed by atoms with Crippen molar-refractivity contribution in [1.82, 2.24) is 15.2 Å². The van der Waals surface area contributed by atoms with E-state index in [0.29, 0.717) is 24.3 Å². The maximum Gasteiger partial charge on any atom is 0.256 e. The summed E-state index contributed by atoms with van der Waals surface area (Å²) in [7, 11) is 3.97. The molecule has 34 heavy (non-hydrogen) atoms. The Morgan fingerprint density at radius 2 is 1.97 bits per heavy atom. The van der Waals surface area contributed by atoms with Crippen LogP contribution in [0.3, 0.4) is 0 Å². The molecule has 0 bridgehead atoms. The predicted molar refractivity (Wildman–Crippen MR) is 139 cm³/mol. The molecule has 2 heterocycles. The fourth-order valence-corrected chi connectivity index (χ4v) is 5.72. The Bertz CT molecular complexity index is 1080. The molecule has 1 fully saturated rings. The summed E-state index contributed by atoms with van der Waals surface area (Å²) in [6, 6.07) is 7.75. The Labute approximate surface area is 203 Å². The van der Waals surface area contributed by atoms with Gasteiger partial charge in [-0.3, -0.25) is 9.59 Å². The van der Waals surface area contributed by atoms with Gasteiger partial charge in [-0.1, -0.05) is 24.6 Å². The van der Waals surface area contributed by atoms with Gasteiger partial charge in [-0.15, -0.1) is 0 Å². The normalized spacial score (nSPS) is 20.9. The smallest absolute Gasteiger partial charge is 0.256 e. The summed E-state index contributed by atoms with van der Waals surface area (Å²) in [5.41, 5.74) is 6.74. The van der Waals surface area contributed by atoms with Gasteiger partial charge in [0, 0.05) is 42.7 Å². The average Bonchev–Trinajstić information content (AvgIpc) is 3.27. The molecule has 1 aliphatic heterocycles. The maximum absolute atomic E-state index is 12.9. The first-order valence-electron chi connectivity index (χ1n) is 12.6. The molecule has 6 nitrogen and oxygen atoms in total. The molecule has 4 rings (SSSR count). The molecule has 6 heteroatoms. The third-order valence-electron chi connectivity index (χ3n) is 7.56. The number of hydrogen-bond donors (Lipinski definition) is 3. The van der Waals surface area contributed by atoms with Crippen molar-refractivity contribution in [3.05, 3.63) is 52.3 Å². The molecule has 2 aromatic rings. The lowest BCUT2D eigenvalue weighted by Crippen LogP contribution is -2.35. The second-order valence-corrected chi connectivity index (χ2v) is 10.1. The van der Waals surface area contributed by atoms with Gasteiger partial charge >= 0.3 is 0 Å². The fourth-order valence-electron chi connectivity index (χ4n) is 5.72. The minimum atomic E-state index is -0.0779. The number of aromatic amines is 1. The van der Waals surface area contributed by atoms with Gasteiger partial charge in [0.05, 0.1) is 5.57 Å². The summed E-state index contributed by atoms with van der Waals surface area (Å²) >= 11 is 0. The van der Waals surface area contributed by atoms with E-state index in [0.717, 1.165) is 47.2 Å². The monoisotopic (exact) mass is 462 g/mol. The minimum Gasteiger partial charge on any atom is -0.359 e. The van der Waals surface area contributed by atoms with Crippen LogP contribution in [0.2, 0.25) is 0 Å². The number of carbonyl (C=O) groups is 2.